The van der Waals surface area contributed by atoms with Crippen molar-refractivity contribution in [1.29, 1.82) is 0 Å². The number of hydrogen-bond donors (Lipinski definition) is 2. The third-order valence-corrected chi connectivity index (χ3v) is 6.77. The number of aliphatic imine (C=N–C) groups is 1. The first-order chi connectivity index (χ1) is 15.1. The lowest BCUT2D eigenvalue weighted by Gasteiger charge is -2.25. The van der Waals surface area contributed by atoms with E-state index in [0.29, 0.717) is 11.3 Å². The van der Waals surface area contributed by atoms with E-state index < -0.39 is 5.97 Å². The number of hydrogen-bond acceptors (Lipinski definition) is 5. The number of thioether (sulfide) groups is 1. The summed E-state index contributed by atoms with van der Waals surface area (Å²) in [6, 6.07) is 8.06. The van der Waals surface area contributed by atoms with Gasteiger partial charge in [-0.05, 0) is 55.1 Å². The topological polar surface area (TPSA) is 82.0 Å². The molecule has 6 nitrogen and oxygen atoms in total. The number of fused-ring (bicyclic) bond motifs is 1. The van der Waals surface area contributed by atoms with E-state index in [1.807, 2.05) is 17.0 Å². The first-order valence-electron chi connectivity index (χ1n) is 11.4. The molecule has 2 N–H and O–H groups in total. The standard InChI is InChI=1S/C24H33N3O3S.ClH/c1-2-3-4-5-6-7-9-18-10-12-19(13-11-18)26-23(30)22-20(14-15-21(28)29)27-17-8-16-25-24(27)31-22;/h10-13H,2-9,14-17H2,1H3,(H,26,30)(H,28,29);1H. The van der Waals surface area contributed by atoms with E-state index in [9.17, 15) is 9.59 Å². The molecule has 2 aliphatic rings. The molecule has 0 saturated heterocycles. The molecule has 176 valence electrons. The highest BCUT2D eigenvalue weighted by molar-refractivity contribution is 8.18. The third-order valence-electron chi connectivity index (χ3n) is 5.61. The number of rotatable bonds is 12. The van der Waals surface area contributed by atoms with Crippen molar-refractivity contribution in [3.05, 3.63) is 40.4 Å². The number of aliphatic carboxylic acids is 1. The van der Waals surface area contributed by atoms with E-state index in [-0.39, 0.29) is 24.7 Å². The number of amides is 1. The highest BCUT2D eigenvalue weighted by atomic mass is 35.5. The smallest absolute Gasteiger partial charge is 0.303 e. The Morgan fingerprint density at radius 2 is 1.81 bits per heavy atom. The highest BCUT2D eigenvalue weighted by Crippen LogP contribution is 2.38. The summed E-state index contributed by atoms with van der Waals surface area (Å²) in [5.74, 6) is -1.05. The average molecular weight is 480 g/mol. The van der Waals surface area contributed by atoms with Crippen LogP contribution >= 0.6 is 24.2 Å². The maximum absolute atomic E-state index is 13.0. The number of halogens is 1. The maximum Gasteiger partial charge on any atom is 0.303 e. The van der Waals surface area contributed by atoms with Crippen molar-refractivity contribution in [2.75, 3.05) is 18.4 Å². The molecule has 2 aliphatic heterocycles. The molecule has 3 rings (SSSR count). The van der Waals surface area contributed by atoms with Gasteiger partial charge in [-0.1, -0.05) is 51.2 Å². The van der Waals surface area contributed by atoms with Crippen molar-refractivity contribution < 1.29 is 14.7 Å². The molecule has 0 unspecified atom stereocenters. The third kappa shape index (κ3) is 7.55. The van der Waals surface area contributed by atoms with E-state index in [1.54, 1.807) is 0 Å². The van der Waals surface area contributed by atoms with Crippen LogP contribution in [0.3, 0.4) is 0 Å². The van der Waals surface area contributed by atoms with E-state index in [1.165, 1.54) is 55.9 Å². The minimum absolute atomic E-state index is 0. The van der Waals surface area contributed by atoms with E-state index in [2.05, 4.69) is 29.4 Å². The zero-order valence-corrected chi connectivity index (χ0v) is 20.4. The Hall–Kier alpha value is -1.99. The molecule has 0 bridgehead atoms. The number of carbonyl (C=O) groups is 2. The van der Waals surface area contributed by atoms with Crippen LogP contribution in [0, 0.1) is 0 Å². The number of anilines is 1. The van der Waals surface area contributed by atoms with Gasteiger partial charge < -0.3 is 15.3 Å². The largest absolute Gasteiger partial charge is 0.481 e. The first-order valence-corrected chi connectivity index (χ1v) is 12.2. The number of benzene rings is 1. The van der Waals surface area contributed by atoms with E-state index >= 15 is 0 Å². The molecule has 0 radical (unpaired) electrons. The normalized spacial score (nSPS) is 15.2. The second-order valence-electron chi connectivity index (χ2n) is 8.11. The Labute approximate surface area is 201 Å². The number of nitrogens with zero attached hydrogens (tertiary/aromatic N) is 2. The second-order valence-corrected chi connectivity index (χ2v) is 9.09. The molecule has 0 spiro atoms. The molecule has 1 aromatic carbocycles. The fourth-order valence-corrected chi connectivity index (χ4v) is 5.02. The van der Waals surface area contributed by atoms with Gasteiger partial charge in [0, 0.05) is 24.5 Å². The summed E-state index contributed by atoms with van der Waals surface area (Å²) < 4.78 is 0. The van der Waals surface area contributed by atoms with Crippen LogP contribution in [0.15, 0.2) is 39.9 Å². The van der Waals surface area contributed by atoms with Gasteiger partial charge in [-0.25, -0.2) is 0 Å². The van der Waals surface area contributed by atoms with Gasteiger partial charge in [-0.3, -0.25) is 14.6 Å². The summed E-state index contributed by atoms with van der Waals surface area (Å²) in [7, 11) is 0. The monoisotopic (exact) mass is 479 g/mol. The van der Waals surface area contributed by atoms with Crippen LogP contribution in [0.1, 0.15) is 70.3 Å². The Kier molecular flexibility index (Phi) is 11.1. The fourth-order valence-electron chi connectivity index (χ4n) is 3.90. The summed E-state index contributed by atoms with van der Waals surface area (Å²) in [5.41, 5.74) is 2.83. The van der Waals surface area contributed by atoms with Gasteiger partial charge in [0.1, 0.15) is 0 Å². The number of allylic oxidation sites excluding steroid dienone is 1. The van der Waals surface area contributed by atoms with Crippen LogP contribution in [-0.4, -0.2) is 40.1 Å². The summed E-state index contributed by atoms with van der Waals surface area (Å²) in [6.45, 7) is 3.77. The van der Waals surface area contributed by atoms with Gasteiger partial charge in [0.05, 0.1) is 11.3 Å². The van der Waals surface area contributed by atoms with Crippen LogP contribution < -0.4 is 5.32 Å². The Balaban J connectivity index is 0.00000363. The molecule has 2 heterocycles. The average Bonchev–Trinajstić information content (AvgIpc) is 3.14. The summed E-state index contributed by atoms with van der Waals surface area (Å²) in [6.07, 6.45) is 10.0. The highest BCUT2D eigenvalue weighted by Gasteiger charge is 2.34. The van der Waals surface area contributed by atoms with Crippen LogP contribution in [0.5, 0.6) is 0 Å². The molecular weight excluding hydrogens is 446 g/mol. The van der Waals surface area contributed by atoms with Crippen molar-refractivity contribution in [3.8, 4) is 0 Å². The number of carbonyl (C=O) groups excluding carboxylic acids is 1. The Morgan fingerprint density at radius 1 is 1.09 bits per heavy atom. The van der Waals surface area contributed by atoms with Gasteiger partial charge >= 0.3 is 5.97 Å². The minimum Gasteiger partial charge on any atom is -0.481 e. The van der Waals surface area contributed by atoms with Crippen LogP contribution in [0.25, 0.3) is 0 Å². The van der Waals surface area contributed by atoms with Crippen molar-refractivity contribution >= 4 is 46.9 Å². The number of aryl methyl sites for hydroxylation is 1. The molecular formula is C24H34ClN3O3S. The maximum atomic E-state index is 13.0. The Bertz CT molecular complexity index is 839. The zero-order valence-electron chi connectivity index (χ0n) is 18.8. The van der Waals surface area contributed by atoms with E-state index in [0.717, 1.165) is 42.5 Å². The van der Waals surface area contributed by atoms with Gasteiger partial charge in [0.15, 0.2) is 5.17 Å². The number of amidine groups is 1. The van der Waals surface area contributed by atoms with Crippen LogP contribution in [0.2, 0.25) is 0 Å². The van der Waals surface area contributed by atoms with E-state index in [4.69, 9.17) is 5.11 Å². The van der Waals surface area contributed by atoms with Gasteiger partial charge in [-0.2, -0.15) is 0 Å². The molecule has 0 aliphatic carbocycles. The van der Waals surface area contributed by atoms with Crippen LogP contribution in [-0.2, 0) is 16.0 Å². The summed E-state index contributed by atoms with van der Waals surface area (Å²) >= 11 is 1.35. The molecule has 1 aromatic rings. The van der Waals surface area contributed by atoms with Gasteiger partial charge in [0.25, 0.3) is 5.91 Å². The van der Waals surface area contributed by atoms with Crippen molar-refractivity contribution in [3.63, 3.8) is 0 Å². The minimum atomic E-state index is -0.861. The molecule has 0 saturated carbocycles. The quantitative estimate of drug-likeness (QED) is 0.368. The van der Waals surface area contributed by atoms with Gasteiger partial charge in [-0.15, -0.1) is 12.4 Å². The molecule has 32 heavy (non-hydrogen) atoms. The molecule has 8 heteroatoms. The SMILES string of the molecule is CCCCCCCCc1ccc(NC(=O)C2=C(CCC(=O)O)N3CCCN=C3S2)cc1.Cl. The molecule has 0 fully saturated rings. The second kappa shape index (κ2) is 13.5. The predicted octanol–water partition coefficient (Wildman–Crippen LogP) is 5.83. The lowest BCUT2D eigenvalue weighted by atomic mass is 10.0. The lowest BCUT2D eigenvalue weighted by molar-refractivity contribution is -0.137. The zero-order chi connectivity index (χ0) is 22.1. The first kappa shape index (κ1) is 26.3. The Morgan fingerprint density at radius 3 is 2.53 bits per heavy atom. The number of carboxylic acid groups (broad SMARTS) is 1. The lowest BCUT2D eigenvalue weighted by Crippen LogP contribution is -2.30. The fraction of sp³-hybridized carbons (Fsp3) is 0.542. The molecule has 0 aromatic heterocycles. The molecule has 1 amide bonds. The van der Waals surface area contributed by atoms with Crippen LogP contribution in [0.4, 0.5) is 5.69 Å². The number of unbranched alkanes of at least 4 members (excludes halogenated alkanes) is 5. The van der Waals surface area contributed by atoms with Crippen molar-refractivity contribution in [2.24, 2.45) is 4.99 Å². The summed E-state index contributed by atoms with van der Waals surface area (Å²) in [4.78, 5) is 31.1. The summed E-state index contributed by atoms with van der Waals surface area (Å²) in [5, 5.41) is 12.9. The number of carboxylic acids is 1. The molecule has 0 atom stereocenters. The predicted molar refractivity (Wildman–Crippen MR) is 135 cm³/mol. The van der Waals surface area contributed by atoms with Crippen molar-refractivity contribution in [2.45, 2.75) is 71.1 Å². The van der Waals surface area contributed by atoms with Crippen molar-refractivity contribution in [1.82, 2.24) is 4.90 Å². The number of nitrogens with one attached hydrogen (secondary N) is 1. The van der Waals surface area contributed by atoms with Gasteiger partial charge in [0.2, 0.25) is 0 Å².